The Bertz CT molecular complexity index is 741. The molecule has 1 aromatic rings. The second-order valence-corrected chi connectivity index (χ2v) is 5.81. The summed E-state index contributed by atoms with van der Waals surface area (Å²) in [6.07, 6.45) is -0.234. The number of benzene rings is 1. The van der Waals surface area contributed by atoms with Crippen molar-refractivity contribution >= 4 is 11.4 Å². The molecule has 0 aromatic heterocycles. The molecule has 3 rings (SSSR count). The number of fused-ring (bicyclic) bond motifs is 1. The van der Waals surface area contributed by atoms with Gasteiger partial charge in [0.2, 0.25) is 0 Å². The first kappa shape index (κ1) is 17.3. The van der Waals surface area contributed by atoms with Crippen molar-refractivity contribution < 1.29 is 23.0 Å². The molecule has 3 N–H and O–H groups in total. The van der Waals surface area contributed by atoms with Crippen molar-refractivity contribution in [1.29, 1.82) is 0 Å². The van der Waals surface area contributed by atoms with Crippen molar-refractivity contribution in [3.8, 4) is 5.75 Å². The van der Waals surface area contributed by atoms with Crippen molar-refractivity contribution in [2.75, 3.05) is 19.8 Å². The summed E-state index contributed by atoms with van der Waals surface area (Å²) in [5.41, 5.74) is 8.19. The summed E-state index contributed by atoms with van der Waals surface area (Å²) >= 11 is 0. The number of hydrogen-bond donors (Lipinski definition) is 2. The first-order valence-corrected chi connectivity index (χ1v) is 7.80. The minimum Gasteiger partial charge on any atom is -0.483 e. The number of β-amino-alcohol motifs (C(OH)–C–C–N with tert-alkyl or cyclic N) is 1. The summed E-state index contributed by atoms with van der Waals surface area (Å²) in [5.74, 6) is 0.582. The molecule has 1 heterocycles. The number of hydrogen-bond acceptors (Lipinski definition) is 5. The normalized spacial score (nSPS) is 19.9. The van der Waals surface area contributed by atoms with Gasteiger partial charge in [-0.15, -0.1) is 0 Å². The maximum atomic E-state index is 12.5. The van der Waals surface area contributed by atoms with E-state index in [-0.39, 0.29) is 18.4 Å². The highest BCUT2D eigenvalue weighted by Crippen LogP contribution is 2.37. The van der Waals surface area contributed by atoms with Crippen LogP contribution in [0.2, 0.25) is 0 Å². The van der Waals surface area contributed by atoms with E-state index in [4.69, 9.17) is 15.6 Å². The highest BCUT2D eigenvalue weighted by Gasteiger charge is 2.34. The zero-order chi connectivity index (χ0) is 18.0. The Kier molecular flexibility index (Phi) is 4.71. The van der Waals surface area contributed by atoms with Crippen molar-refractivity contribution in [3.63, 3.8) is 0 Å². The minimum absolute atomic E-state index is 0.0646. The Labute approximate surface area is 142 Å². The standard InChI is InChI=1S/C17H18F3N3O2/c18-17(19,20)10-25-15-4-2-1-3-12(15)11-5-6-13-14(9-11)23(7-8-24)22-16(13)21/h1-6,14,24H,7-10H2,(H2,21,22). The van der Waals surface area contributed by atoms with Gasteiger partial charge < -0.3 is 15.6 Å². The molecule has 1 unspecified atom stereocenters. The van der Waals surface area contributed by atoms with Crippen molar-refractivity contribution in [2.24, 2.45) is 10.8 Å². The molecule has 1 aromatic carbocycles. The molecule has 0 bridgehead atoms. The van der Waals surface area contributed by atoms with E-state index in [1.807, 2.05) is 12.2 Å². The summed E-state index contributed by atoms with van der Waals surface area (Å²) in [5, 5.41) is 15.1. The average Bonchev–Trinajstić information content (AvgIpc) is 2.88. The van der Waals surface area contributed by atoms with Crippen molar-refractivity contribution in [3.05, 3.63) is 47.6 Å². The van der Waals surface area contributed by atoms with Gasteiger partial charge in [0.1, 0.15) is 11.6 Å². The summed E-state index contributed by atoms with van der Waals surface area (Å²) < 4.78 is 42.4. The molecule has 134 valence electrons. The smallest absolute Gasteiger partial charge is 0.422 e. The minimum atomic E-state index is -4.40. The second kappa shape index (κ2) is 6.79. The van der Waals surface area contributed by atoms with E-state index in [0.29, 0.717) is 24.4 Å². The molecule has 1 aliphatic heterocycles. The SMILES string of the molecule is NC1=NN(CCO)C2CC(c3ccccc3OCC(F)(F)F)=CC=C12. The van der Waals surface area contributed by atoms with Crippen LogP contribution in [-0.2, 0) is 0 Å². The number of allylic oxidation sites excluding steroid dienone is 2. The lowest BCUT2D eigenvalue weighted by Gasteiger charge is -2.27. The number of alkyl halides is 3. The van der Waals surface area contributed by atoms with Gasteiger partial charge in [-0.05, 0) is 18.1 Å². The van der Waals surface area contributed by atoms with Gasteiger partial charge >= 0.3 is 6.18 Å². The zero-order valence-electron chi connectivity index (χ0n) is 13.3. The van der Waals surface area contributed by atoms with Crippen LogP contribution in [0, 0.1) is 0 Å². The van der Waals surface area contributed by atoms with Gasteiger partial charge in [0, 0.05) is 11.1 Å². The number of nitrogens with zero attached hydrogens (tertiary/aromatic N) is 2. The Morgan fingerprint density at radius 2 is 2.04 bits per heavy atom. The molecular weight excluding hydrogens is 335 g/mol. The second-order valence-electron chi connectivity index (χ2n) is 5.81. The van der Waals surface area contributed by atoms with Crippen LogP contribution < -0.4 is 10.5 Å². The fraction of sp³-hybridized carbons (Fsp3) is 0.353. The number of rotatable bonds is 5. The molecule has 1 atom stereocenters. The van der Waals surface area contributed by atoms with Gasteiger partial charge in [-0.2, -0.15) is 18.3 Å². The Morgan fingerprint density at radius 1 is 1.28 bits per heavy atom. The monoisotopic (exact) mass is 353 g/mol. The van der Waals surface area contributed by atoms with Gasteiger partial charge in [-0.25, -0.2) is 0 Å². The van der Waals surface area contributed by atoms with Gasteiger partial charge in [-0.1, -0.05) is 30.4 Å². The number of para-hydroxylation sites is 1. The third-order valence-corrected chi connectivity index (χ3v) is 4.08. The van der Waals surface area contributed by atoms with Gasteiger partial charge in [0.15, 0.2) is 6.61 Å². The van der Waals surface area contributed by atoms with Crippen LogP contribution in [0.3, 0.4) is 0 Å². The lowest BCUT2D eigenvalue weighted by atomic mass is 9.89. The number of halogens is 3. The van der Waals surface area contributed by atoms with E-state index in [1.54, 1.807) is 23.2 Å². The number of hydrazone groups is 1. The molecule has 5 nitrogen and oxygen atoms in total. The van der Waals surface area contributed by atoms with Crippen LogP contribution in [0.4, 0.5) is 13.2 Å². The number of aliphatic hydroxyl groups excluding tert-OH is 1. The quantitative estimate of drug-likeness (QED) is 0.852. The molecule has 8 heteroatoms. The zero-order valence-corrected chi connectivity index (χ0v) is 13.3. The number of aliphatic hydroxyl groups is 1. The summed E-state index contributed by atoms with van der Waals surface area (Å²) in [6.45, 7) is -1.07. The molecule has 0 fully saturated rings. The fourth-order valence-electron chi connectivity index (χ4n) is 3.00. The lowest BCUT2D eigenvalue weighted by molar-refractivity contribution is -0.153. The lowest BCUT2D eigenvalue weighted by Crippen LogP contribution is -2.32. The first-order valence-electron chi connectivity index (χ1n) is 7.80. The van der Waals surface area contributed by atoms with Gasteiger partial charge in [0.05, 0.1) is 19.2 Å². The Balaban J connectivity index is 1.85. The maximum Gasteiger partial charge on any atom is 0.422 e. The maximum absolute atomic E-state index is 12.5. The molecular formula is C17H18F3N3O2. The summed E-state index contributed by atoms with van der Waals surface area (Å²) in [7, 11) is 0. The van der Waals surface area contributed by atoms with Crippen LogP contribution in [-0.4, -0.2) is 47.9 Å². The summed E-state index contributed by atoms with van der Waals surface area (Å²) in [6, 6.07) is 6.50. The Hall–Kier alpha value is -2.48. The van der Waals surface area contributed by atoms with Crippen LogP contribution >= 0.6 is 0 Å². The Morgan fingerprint density at radius 3 is 2.76 bits per heavy atom. The molecule has 0 saturated heterocycles. The van der Waals surface area contributed by atoms with Gasteiger partial charge in [-0.3, -0.25) is 5.01 Å². The molecule has 25 heavy (non-hydrogen) atoms. The predicted molar refractivity (Wildman–Crippen MR) is 87.9 cm³/mol. The highest BCUT2D eigenvalue weighted by atomic mass is 19.4. The van der Waals surface area contributed by atoms with E-state index in [2.05, 4.69) is 5.10 Å². The van der Waals surface area contributed by atoms with E-state index in [0.717, 1.165) is 11.1 Å². The summed E-state index contributed by atoms with van der Waals surface area (Å²) in [4.78, 5) is 0. The van der Waals surface area contributed by atoms with Crippen LogP contribution in [0.25, 0.3) is 5.57 Å². The van der Waals surface area contributed by atoms with E-state index in [9.17, 15) is 13.2 Å². The van der Waals surface area contributed by atoms with Crippen LogP contribution in [0.5, 0.6) is 5.75 Å². The highest BCUT2D eigenvalue weighted by molar-refractivity contribution is 6.01. The molecule has 0 spiro atoms. The fourth-order valence-corrected chi connectivity index (χ4v) is 3.00. The van der Waals surface area contributed by atoms with Gasteiger partial charge in [0.25, 0.3) is 0 Å². The molecule has 1 aliphatic carbocycles. The topological polar surface area (TPSA) is 71.1 Å². The van der Waals surface area contributed by atoms with Crippen molar-refractivity contribution in [2.45, 2.75) is 18.6 Å². The van der Waals surface area contributed by atoms with Crippen molar-refractivity contribution in [1.82, 2.24) is 5.01 Å². The average molecular weight is 353 g/mol. The number of nitrogens with two attached hydrogens (primary N) is 1. The third kappa shape index (κ3) is 3.79. The molecule has 0 radical (unpaired) electrons. The predicted octanol–water partition coefficient (Wildman–Crippen LogP) is 2.29. The van der Waals surface area contributed by atoms with E-state index in [1.165, 1.54) is 6.07 Å². The van der Waals surface area contributed by atoms with E-state index < -0.39 is 12.8 Å². The molecule has 0 amide bonds. The number of amidine groups is 1. The largest absolute Gasteiger partial charge is 0.483 e. The van der Waals surface area contributed by atoms with Crippen LogP contribution in [0.1, 0.15) is 12.0 Å². The van der Waals surface area contributed by atoms with Crippen LogP contribution in [0.15, 0.2) is 47.1 Å². The number of ether oxygens (including phenoxy) is 1. The van der Waals surface area contributed by atoms with E-state index >= 15 is 0 Å². The molecule has 0 saturated carbocycles. The molecule has 2 aliphatic rings. The third-order valence-electron chi connectivity index (χ3n) is 4.08. The first-order chi connectivity index (χ1) is 11.9.